The van der Waals surface area contributed by atoms with E-state index < -0.39 is 0 Å². The predicted molar refractivity (Wildman–Crippen MR) is 125 cm³/mol. The van der Waals surface area contributed by atoms with Gasteiger partial charge in [0.2, 0.25) is 5.91 Å². The van der Waals surface area contributed by atoms with Gasteiger partial charge in [0.1, 0.15) is 0 Å². The van der Waals surface area contributed by atoms with Crippen LogP contribution in [0.2, 0.25) is 10.0 Å². The number of hydrogen-bond acceptors (Lipinski definition) is 4. The maximum absolute atomic E-state index is 12.8. The lowest BCUT2D eigenvalue weighted by Gasteiger charge is -2.30. The molecule has 0 saturated heterocycles. The van der Waals surface area contributed by atoms with Gasteiger partial charge in [-0.15, -0.1) is 10.2 Å². The van der Waals surface area contributed by atoms with E-state index in [-0.39, 0.29) is 23.7 Å². The number of benzene rings is 2. The van der Waals surface area contributed by atoms with Crippen LogP contribution in [0.1, 0.15) is 27.7 Å². The number of nitrogens with zero attached hydrogens (tertiary/aromatic N) is 4. The summed E-state index contributed by atoms with van der Waals surface area (Å²) >= 11 is 14.3. The fourth-order valence-corrected chi connectivity index (χ4v) is 4.66. The van der Waals surface area contributed by atoms with Crippen molar-refractivity contribution in [2.75, 3.05) is 5.75 Å². The number of amides is 1. The average molecular weight is 463 g/mol. The van der Waals surface area contributed by atoms with Crippen LogP contribution < -0.4 is 0 Å². The molecule has 5 nitrogen and oxygen atoms in total. The van der Waals surface area contributed by atoms with Gasteiger partial charge in [0.25, 0.3) is 0 Å². The second kappa shape index (κ2) is 9.86. The molecular weight excluding hydrogens is 439 g/mol. The Morgan fingerprint density at radius 3 is 2.17 bits per heavy atom. The standard InChI is InChI=1S/C22H24Cl2N4OS/c1-14(2)27(15(3)4)20(29)13-30-22-26-25-21(16-9-5-6-10-17(16)23)28(22)19-12-8-7-11-18(19)24/h5-12,14-15H,13H2,1-4H3. The Morgan fingerprint density at radius 1 is 0.967 bits per heavy atom. The largest absolute Gasteiger partial charge is 0.337 e. The summed E-state index contributed by atoms with van der Waals surface area (Å²) in [7, 11) is 0. The summed E-state index contributed by atoms with van der Waals surface area (Å²) in [6, 6.07) is 15.2. The van der Waals surface area contributed by atoms with Gasteiger partial charge < -0.3 is 4.90 Å². The molecule has 0 spiro atoms. The average Bonchev–Trinajstić information content (AvgIpc) is 3.10. The molecule has 3 rings (SSSR count). The summed E-state index contributed by atoms with van der Waals surface area (Å²) in [5.41, 5.74) is 1.48. The number of carbonyl (C=O) groups excluding carboxylic acids is 1. The highest BCUT2D eigenvalue weighted by atomic mass is 35.5. The Kier molecular flexibility index (Phi) is 7.45. The molecule has 3 aromatic rings. The normalized spacial score (nSPS) is 11.3. The molecule has 0 aliphatic carbocycles. The van der Waals surface area contributed by atoms with Crippen molar-refractivity contribution >= 4 is 40.9 Å². The van der Waals surface area contributed by atoms with E-state index in [0.717, 1.165) is 11.3 Å². The quantitative estimate of drug-likeness (QED) is 0.405. The third-order valence-electron chi connectivity index (χ3n) is 4.57. The summed E-state index contributed by atoms with van der Waals surface area (Å²) in [6.45, 7) is 8.07. The van der Waals surface area contributed by atoms with Crippen molar-refractivity contribution in [2.45, 2.75) is 44.9 Å². The smallest absolute Gasteiger partial charge is 0.233 e. The fraction of sp³-hybridized carbons (Fsp3) is 0.318. The van der Waals surface area contributed by atoms with Crippen LogP contribution in [0, 0.1) is 0 Å². The lowest BCUT2D eigenvalue weighted by atomic mass is 10.2. The van der Waals surface area contributed by atoms with Gasteiger partial charge in [-0.05, 0) is 52.0 Å². The van der Waals surface area contributed by atoms with Gasteiger partial charge >= 0.3 is 0 Å². The molecule has 0 N–H and O–H groups in total. The summed E-state index contributed by atoms with van der Waals surface area (Å²) in [5, 5.41) is 10.5. The van der Waals surface area contributed by atoms with E-state index in [2.05, 4.69) is 10.2 Å². The highest BCUT2D eigenvalue weighted by molar-refractivity contribution is 7.99. The first-order valence-corrected chi connectivity index (χ1v) is 11.4. The summed E-state index contributed by atoms with van der Waals surface area (Å²) in [5.74, 6) is 0.882. The molecular formula is C22H24Cl2N4OS. The number of rotatable bonds is 7. The van der Waals surface area contributed by atoms with Crippen molar-refractivity contribution in [3.63, 3.8) is 0 Å². The first kappa shape index (κ1) is 22.7. The number of para-hydroxylation sites is 1. The lowest BCUT2D eigenvalue weighted by molar-refractivity contribution is -0.131. The van der Waals surface area contributed by atoms with Crippen LogP contribution in [0.5, 0.6) is 0 Å². The zero-order valence-corrected chi connectivity index (χ0v) is 19.7. The number of carbonyl (C=O) groups is 1. The Morgan fingerprint density at radius 2 is 1.57 bits per heavy atom. The third-order valence-corrected chi connectivity index (χ3v) is 6.13. The van der Waals surface area contributed by atoms with Crippen molar-refractivity contribution in [3.05, 3.63) is 58.6 Å². The van der Waals surface area contributed by atoms with E-state index in [4.69, 9.17) is 23.2 Å². The summed E-state index contributed by atoms with van der Waals surface area (Å²) in [4.78, 5) is 14.7. The minimum absolute atomic E-state index is 0.0537. The molecule has 2 aromatic carbocycles. The molecule has 1 aromatic heterocycles. The van der Waals surface area contributed by atoms with E-state index in [1.165, 1.54) is 11.8 Å². The van der Waals surface area contributed by atoms with Gasteiger partial charge in [0.05, 0.1) is 21.5 Å². The SMILES string of the molecule is CC(C)N(C(=O)CSc1nnc(-c2ccccc2Cl)n1-c1ccccc1Cl)C(C)C. The second-order valence-corrected chi connectivity index (χ2v) is 9.11. The van der Waals surface area contributed by atoms with Crippen molar-refractivity contribution in [1.29, 1.82) is 0 Å². The van der Waals surface area contributed by atoms with Crippen molar-refractivity contribution in [2.24, 2.45) is 0 Å². The molecule has 30 heavy (non-hydrogen) atoms. The number of aromatic nitrogens is 3. The highest BCUT2D eigenvalue weighted by Crippen LogP contribution is 2.34. The predicted octanol–water partition coefficient (Wildman–Crippen LogP) is 5.98. The minimum Gasteiger partial charge on any atom is -0.337 e. The Bertz CT molecular complexity index is 1030. The maximum atomic E-state index is 12.8. The van der Waals surface area contributed by atoms with E-state index in [9.17, 15) is 4.79 Å². The van der Waals surface area contributed by atoms with Crippen LogP contribution in [0.25, 0.3) is 17.1 Å². The molecule has 0 fully saturated rings. The second-order valence-electron chi connectivity index (χ2n) is 7.35. The topological polar surface area (TPSA) is 51.0 Å². The molecule has 0 saturated carbocycles. The van der Waals surface area contributed by atoms with E-state index in [1.807, 2.05) is 85.7 Å². The van der Waals surface area contributed by atoms with Gasteiger partial charge in [-0.1, -0.05) is 59.2 Å². The molecule has 0 aliphatic heterocycles. The van der Waals surface area contributed by atoms with Crippen LogP contribution in [0.4, 0.5) is 0 Å². The third kappa shape index (κ3) is 4.82. The zero-order chi connectivity index (χ0) is 21.8. The molecule has 0 atom stereocenters. The van der Waals surface area contributed by atoms with Crippen molar-refractivity contribution < 1.29 is 4.79 Å². The highest BCUT2D eigenvalue weighted by Gasteiger charge is 2.23. The van der Waals surface area contributed by atoms with Gasteiger partial charge in [-0.3, -0.25) is 9.36 Å². The molecule has 1 amide bonds. The van der Waals surface area contributed by atoms with E-state index in [1.54, 1.807) is 0 Å². The Balaban J connectivity index is 2.01. The maximum Gasteiger partial charge on any atom is 0.233 e. The summed E-state index contributed by atoms with van der Waals surface area (Å²) < 4.78 is 1.86. The van der Waals surface area contributed by atoms with Gasteiger partial charge in [-0.25, -0.2) is 0 Å². The first-order chi connectivity index (χ1) is 14.3. The van der Waals surface area contributed by atoms with Crippen LogP contribution in [0.3, 0.4) is 0 Å². The number of hydrogen-bond donors (Lipinski definition) is 0. The van der Waals surface area contributed by atoms with Crippen molar-refractivity contribution in [1.82, 2.24) is 19.7 Å². The van der Waals surface area contributed by atoms with Crippen LogP contribution in [-0.2, 0) is 4.79 Å². The van der Waals surface area contributed by atoms with Crippen LogP contribution in [-0.4, -0.2) is 43.4 Å². The lowest BCUT2D eigenvalue weighted by Crippen LogP contribution is -2.43. The zero-order valence-electron chi connectivity index (χ0n) is 17.3. The Hall–Kier alpha value is -2.02. The van der Waals surface area contributed by atoms with Gasteiger partial charge in [-0.2, -0.15) is 0 Å². The van der Waals surface area contributed by atoms with E-state index >= 15 is 0 Å². The Labute approximate surface area is 191 Å². The molecule has 158 valence electrons. The fourth-order valence-electron chi connectivity index (χ4n) is 3.40. The molecule has 1 heterocycles. The van der Waals surface area contributed by atoms with Gasteiger partial charge in [0.15, 0.2) is 11.0 Å². The first-order valence-electron chi connectivity index (χ1n) is 9.70. The molecule has 0 aliphatic rings. The summed E-state index contributed by atoms with van der Waals surface area (Å²) in [6.07, 6.45) is 0. The molecule has 0 radical (unpaired) electrons. The molecule has 8 heteroatoms. The molecule has 0 bridgehead atoms. The van der Waals surface area contributed by atoms with Crippen LogP contribution in [0.15, 0.2) is 53.7 Å². The number of thioether (sulfide) groups is 1. The van der Waals surface area contributed by atoms with Crippen molar-refractivity contribution in [3.8, 4) is 17.1 Å². The van der Waals surface area contributed by atoms with Crippen LogP contribution >= 0.6 is 35.0 Å². The van der Waals surface area contributed by atoms with Gasteiger partial charge in [0, 0.05) is 17.6 Å². The monoisotopic (exact) mass is 462 g/mol. The van der Waals surface area contributed by atoms with E-state index in [0.29, 0.717) is 21.0 Å². The minimum atomic E-state index is 0.0537. The number of halogens is 2. The molecule has 0 unspecified atom stereocenters.